The zero-order chi connectivity index (χ0) is 24.1. The summed E-state index contributed by atoms with van der Waals surface area (Å²) in [6.45, 7) is -1.10. The van der Waals surface area contributed by atoms with E-state index >= 15 is 0 Å². The average molecular weight is 563 g/mol. The van der Waals surface area contributed by atoms with E-state index in [9.17, 15) is 48.3 Å². The number of nitrogens with zero attached hydrogens (tertiary/aromatic N) is 1. The number of H-pyrrole nitrogens is 1. The molecule has 36 heavy (non-hydrogen) atoms. The van der Waals surface area contributed by atoms with Gasteiger partial charge in [-0.1, -0.05) is 0 Å². The molecule has 2 aromatic heterocycles. The van der Waals surface area contributed by atoms with E-state index in [-0.39, 0.29) is 97.2 Å². The molecule has 6 atom stereocenters. The van der Waals surface area contributed by atoms with Gasteiger partial charge in [0, 0.05) is 5.38 Å². The van der Waals surface area contributed by atoms with Gasteiger partial charge in [-0.05, 0) is 0 Å². The summed E-state index contributed by atoms with van der Waals surface area (Å²) in [5.41, 5.74) is 4.99. The molecule has 3 rings (SSSR count). The largest absolute Gasteiger partial charge is 1.00 e. The Balaban J connectivity index is 0. The van der Waals surface area contributed by atoms with Crippen LogP contribution >= 0.6 is 34.8 Å². The van der Waals surface area contributed by atoms with E-state index in [0.29, 0.717) is 0 Å². The molecule has 1 fully saturated rings. The molecule has 0 amide bonds. The van der Waals surface area contributed by atoms with E-state index in [1.54, 1.807) is 0 Å². The fourth-order valence-corrected chi connectivity index (χ4v) is 6.65. The molecule has 6 unspecified atom stereocenters. The molecule has 0 bridgehead atoms. The Morgan fingerprint density at radius 2 is 1.64 bits per heavy atom. The predicted octanol–water partition coefficient (Wildman–Crippen LogP) is -15.4. The van der Waals surface area contributed by atoms with Gasteiger partial charge >= 0.3 is 75.4 Å². The molecule has 0 radical (unpaired) electrons. The number of nitrogen functional groups attached to an aromatic ring is 1. The van der Waals surface area contributed by atoms with Crippen LogP contribution in [0.25, 0.3) is 10.9 Å². The van der Waals surface area contributed by atoms with Crippen molar-refractivity contribution < 1.29 is 137 Å². The third-order valence-electron chi connectivity index (χ3n) is 3.93. The van der Waals surface area contributed by atoms with E-state index in [0.717, 1.165) is 11.3 Å². The normalized spacial score (nSPS) is 24.8. The summed E-state index contributed by atoms with van der Waals surface area (Å²) in [5.74, 6) is -0.232. The van der Waals surface area contributed by atoms with Crippen molar-refractivity contribution in [3.05, 3.63) is 20.6 Å². The zero-order valence-corrected chi connectivity index (χ0v) is 22.7. The number of aromatic amines is 1. The maximum Gasteiger partial charge on any atom is 1.00 e. The number of anilines is 1. The minimum Gasteiger partial charge on any atom is -0.790 e. The maximum absolute atomic E-state index is 11.9. The smallest absolute Gasteiger partial charge is 0.790 e. The third-order valence-corrected chi connectivity index (χ3v) is 8.63. The fourth-order valence-electron chi connectivity index (χ4n) is 2.73. The molecule has 25 heteroatoms. The molecule has 0 spiro atoms. The predicted molar refractivity (Wildman–Crippen MR) is 95.2 cm³/mol. The van der Waals surface area contributed by atoms with E-state index in [1.165, 1.54) is 5.38 Å². The first-order valence-corrected chi connectivity index (χ1v) is 13.3. The van der Waals surface area contributed by atoms with Gasteiger partial charge in [0.15, 0.2) is 0 Å². The molecule has 0 aromatic carbocycles. The van der Waals surface area contributed by atoms with Crippen LogP contribution in [-0.2, 0) is 31.6 Å². The Hall–Kier alpha value is 1.32. The third kappa shape index (κ3) is 10.1. The summed E-state index contributed by atoms with van der Waals surface area (Å²) >= 11 is 0.931. The minimum atomic E-state index is -6.16. The van der Waals surface area contributed by atoms with Gasteiger partial charge in [-0.25, -0.2) is 9.29 Å². The Labute approximate surface area is 254 Å². The molecule has 180 valence electrons. The van der Waals surface area contributed by atoms with E-state index in [1.807, 2.05) is 0 Å². The first-order chi connectivity index (χ1) is 14.6. The second-order valence-corrected chi connectivity index (χ2v) is 11.3. The number of rotatable bonds is 8. The van der Waals surface area contributed by atoms with Crippen molar-refractivity contribution in [2.24, 2.45) is 0 Å². The van der Waals surface area contributed by atoms with Crippen LogP contribution in [0.5, 0.6) is 0 Å². The number of hydrogen-bond donors (Lipinski definition) is 4. The number of aliphatic hydroxyl groups excluding tert-OH is 2. The van der Waals surface area contributed by atoms with Gasteiger partial charge < -0.3 is 49.3 Å². The molecule has 0 saturated carbocycles. The Morgan fingerprint density at radius 3 is 2.19 bits per heavy atom. The van der Waals surface area contributed by atoms with Crippen molar-refractivity contribution in [1.29, 1.82) is 0 Å². The maximum atomic E-state index is 11.9. The zero-order valence-electron chi connectivity index (χ0n) is 19.2. The monoisotopic (exact) mass is 563 g/mol. The first-order valence-electron chi connectivity index (χ1n) is 8.08. The van der Waals surface area contributed by atoms with Crippen LogP contribution in [0, 0.1) is 0 Å². The number of phosphoric ester groups is 1. The number of fused-ring (bicyclic) bond motifs is 1. The van der Waals surface area contributed by atoms with E-state index in [4.69, 9.17) is 10.5 Å². The molecule has 2 aromatic rings. The first kappa shape index (κ1) is 39.5. The van der Waals surface area contributed by atoms with E-state index in [2.05, 4.69) is 23.1 Å². The van der Waals surface area contributed by atoms with Gasteiger partial charge in [0.05, 0.1) is 30.2 Å². The summed E-state index contributed by atoms with van der Waals surface area (Å²) in [6.07, 6.45) is -6.27. The van der Waals surface area contributed by atoms with Gasteiger partial charge in [0.2, 0.25) is 5.95 Å². The quantitative estimate of drug-likeness (QED) is 0.171. The van der Waals surface area contributed by atoms with Crippen LogP contribution < -0.4 is 106 Å². The Kier molecular flexibility index (Phi) is 16.2. The van der Waals surface area contributed by atoms with Crippen molar-refractivity contribution in [3.63, 3.8) is 0 Å². The summed E-state index contributed by atoms with van der Waals surface area (Å²) in [7, 11) is -18.1. The minimum absolute atomic E-state index is 0. The van der Waals surface area contributed by atoms with Crippen LogP contribution in [-0.4, -0.2) is 45.1 Å². The number of phosphoric acid groups is 3. The number of aliphatic hydroxyl groups is 2. The molecular weight excluding hydrogens is 551 g/mol. The summed E-state index contributed by atoms with van der Waals surface area (Å²) < 4.78 is 49.1. The van der Waals surface area contributed by atoms with Gasteiger partial charge in [-0.3, -0.25) is 23.2 Å². The van der Waals surface area contributed by atoms with Gasteiger partial charge in [0.25, 0.3) is 21.2 Å². The average Bonchev–Trinajstić information content (AvgIpc) is 3.12. The Bertz CT molecular complexity index is 1230. The topological polar surface area (TPSA) is 293 Å². The molecule has 1 aliphatic heterocycles. The second-order valence-electron chi connectivity index (χ2n) is 6.19. The van der Waals surface area contributed by atoms with Gasteiger partial charge in [-0.15, -0.1) is 11.3 Å². The molecular formula is C11H12Li4N3O14P3S. The molecule has 5 N–H and O–H groups in total. The van der Waals surface area contributed by atoms with Gasteiger partial charge in [-0.2, -0.15) is 0 Å². The number of hydrogen-bond acceptors (Lipinski definition) is 17. The van der Waals surface area contributed by atoms with Crippen molar-refractivity contribution >= 4 is 51.7 Å². The van der Waals surface area contributed by atoms with Gasteiger partial charge in [0.1, 0.15) is 24.4 Å². The van der Waals surface area contributed by atoms with Crippen molar-refractivity contribution in [3.8, 4) is 0 Å². The number of nitrogens with one attached hydrogen (secondary N) is 1. The number of nitrogens with two attached hydrogens (primary N) is 1. The van der Waals surface area contributed by atoms with Crippen LogP contribution in [0.3, 0.4) is 0 Å². The van der Waals surface area contributed by atoms with Crippen LogP contribution in [0.2, 0.25) is 0 Å². The second kappa shape index (κ2) is 14.8. The van der Waals surface area contributed by atoms with E-state index < -0.39 is 60.1 Å². The molecule has 1 aliphatic rings. The summed E-state index contributed by atoms with van der Waals surface area (Å²) in [4.78, 5) is 61.7. The van der Waals surface area contributed by atoms with Crippen molar-refractivity contribution in [2.75, 3.05) is 12.3 Å². The number of aromatic nitrogens is 2. The molecule has 1 saturated heterocycles. The molecule has 3 heterocycles. The summed E-state index contributed by atoms with van der Waals surface area (Å²) in [5, 5.41) is 21.9. The van der Waals surface area contributed by atoms with Crippen LogP contribution in [0.1, 0.15) is 11.0 Å². The number of thiophene rings is 1. The summed E-state index contributed by atoms with van der Waals surface area (Å²) in [6, 6.07) is 0. The number of ether oxygens (including phenoxy) is 1. The van der Waals surface area contributed by atoms with Crippen molar-refractivity contribution in [1.82, 2.24) is 9.97 Å². The SMILES string of the molecule is Nc1nc2c(C3OC(COP(=O)([O-])OP(=O)([O-])OP(=O)([O-])[O-])C(O)C3O)scc2c(=O)[nH]1.[Li+].[Li+].[Li+].[Li+]. The van der Waals surface area contributed by atoms with Crippen LogP contribution in [0.15, 0.2) is 10.2 Å². The van der Waals surface area contributed by atoms with Crippen LogP contribution in [0.4, 0.5) is 5.95 Å². The molecule has 0 aliphatic carbocycles. The molecule has 17 nitrogen and oxygen atoms in total. The fraction of sp³-hybridized carbons (Fsp3) is 0.455. The van der Waals surface area contributed by atoms with Crippen molar-refractivity contribution in [2.45, 2.75) is 24.4 Å². The standard InChI is InChI=1S/C11H16N3O14P3S.4Li/c12-11-13-5-3(10(17)14-11)2-32-9(5)8-7(16)6(15)4(26-8)1-25-30(21,22)28-31(23,24)27-29(18,19)20;;;;/h2,4,6-8,15-16H,1H2,(H,21,22)(H,23,24)(H2,18,19,20)(H3,12,13,14,17);;;;/q;4*+1/p-4. The Morgan fingerprint density at radius 1 is 1.06 bits per heavy atom.